The third-order valence-electron chi connectivity index (χ3n) is 6.75. The van der Waals surface area contributed by atoms with E-state index in [0.29, 0.717) is 5.56 Å². The molecule has 0 aromatic heterocycles. The van der Waals surface area contributed by atoms with Crippen LogP contribution in [0.3, 0.4) is 0 Å². The Morgan fingerprint density at radius 2 is 1.32 bits per heavy atom. The van der Waals surface area contributed by atoms with Crippen LogP contribution in [0.2, 0.25) is 5.02 Å². The van der Waals surface area contributed by atoms with E-state index < -0.39 is 33.4 Å². The molecule has 1 N–H and O–H groups in total. The molecule has 0 fully saturated rings. The summed E-state index contributed by atoms with van der Waals surface area (Å²) in [6.07, 6.45) is -0.119. The lowest BCUT2D eigenvalue weighted by Gasteiger charge is -2.27. The van der Waals surface area contributed by atoms with Gasteiger partial charge in [-0.2, -0.15) is 0 Å². The molecule has 0 bridgehead atoms. The summed E-state index contributed by atoms with van der Waals surface area (Å²) >= 11 is 6.81. The molecule has 7 nitrogen and oxygen atoms in total. The number of rotatable bonds is 8. The zero-order valence-corrected chi connectivity index (χ0v) is 23.0. The molecule has 0 saturated carbocycles. The normalized spacial score (nSPS) is 13.4. The number of sulfonamides is 1. The van der Waals surface area contributed by atoms with E-state index in [-0.39, 0.29) is 55.7 Å². The number of methoxy groups -OCH3 is 2. The second-order valence-corrected chi connectivity index (χ2v) is 11.1. The van der Waals surface area contributed by atoms with Crippen LogP contribution in [0.1, 0.15) is 49.0 Å². The van der Waals surface area contributed by atoms with Gasteiger partial charge in [0.05, 0.1) is 41.3 Å². The van der Waals surface area contributed by atoms with Crippen LogP contribution in [0.4, 0.5) is 4.39 Å². The van der Waals surface area contributed by atoms with Crippen LogP contribution in [-0.2, 0) is 16.4 Å². The molecule has 5 rings (SSSR count). The predicted octanol–water partition coefficient (Wildman–Crippen LogP) is 5.53. The summed E-state index contributed by atoms with van der Waals surface area (Å²) in [5, 5.41) is -0.00958. The Balaban J connectivity index is 1.69. The van der Waals surface area contributed by atoms with Crippen molar-refractivity contribution < 1.29 is 31.9 Å². The van der Waals surface area contributed by atoms with Gasteiger partial charge in [-0.05, 0) is 36.2 Å². The van der Waals surface area contributed by atoms with Gasteiger partial charge in [-0.3, -0.25) is 9.59 Å². The van der Waals surface area contributed by atoms with Gasteiger partial charge in [-0.15, -0.1) is 0 Å². The van der Waals surface area contributed by atoms with Gasteiger partial charge in [0.25, 0.3) is 0 Å². The molecule has 0 heterocycles. The van der Waals surface area contributed by atoms with E-state index in [1.165, 1.54) is 50.6 Å². The van der Waals surface area contributed by atoms with Crippen LogP contribution in [0.15, 0.2) is 83.8 Å². The number of nitrogens with one attached hydrogen (secondary N) is 1. The lowest BCUT2D eigenvalue weighted by atomic mass is 9.81. The molecule has 1 atom stereocenters. The summed E-state index contributed by atoms with van der Waals surface area (Å²) in [6, 6.07) is 18.5. The van der Waals surface area contributed by atoms with Crippen molar-refractivity contribution in [2.24, 2.45) is 0 Å². The molecule has 0 amide bonds. The Morgan fingerprint density at radius 3 is 1.88 bits per heavy atom. The number of hydrogen-bond acceptors (Lipinski definition) is 6. The molecule has 0 spiro atoms. The quantitative estimate of drug-likeness (QED) is 0.259. The first-order chi connectivity index (χ1) is 19.2. The number of carbonyl (C=O) groups is 2. The molecular weight excluding hydrogens is 557 g/mol. The summed E-state index contributed by atoms with van der Waals surface area (Å²) in [5.74, 6) is -1.40. The number of fused-ring (bicyclic) bond motifs is 2. The van der Waals surface area contributed by atoms with E-state index in [0.717, 1.165) is 0 Å². The maximum Gasteiger partial charge on any atom is 0.241 e. The standard InChI is InChI=1S/C30H23ClFNO6S/c1-38-29-22(26(31)30(39-2)25-24(29)27(34)20-10-6-7-11-21(20)28(25)35)16-23(17-12-14-18(32)15-13-17)33-40(36,37)19-8-4-3-5-9-19/h3-15,23,33H,16H2,1-2H3. The predicted molar refractivity (Wildman–Crippen MR) is 147 cm³/mol. The largest absolute Gasteiger partial charge is 0.496 e. The minimum atomic E-state index is -4.04. The SMILES string of the molecule is COc1c(Cl)c(CC(NS(=O)(=O)c2ccccc2)c2ccc(F)cc2)c(OC)c2c1C(=O)c1ccccc1C2=O. The van der Waals surface area contributed by atoms with Crippen LogP contribution in [-0.4, -0.2) is 34.2 Å². The third kappa shape index (κ3) is 4.77. The van der Waals surface area contributed by atoms with Crippen LogP contribution in [0.5, 0.6) is 11.5 Å². The molecular formula is C30H23ClFNO6S. The molecule has 4 aromatic rings. The van der Waals surface area contributed by atoms with Crippen molar-refractivity contribution in [1.82, 2.24) is 4.72 Å². The monoisotopic (exact) mass is 579 g/mol. The van der Waals surface area contributed by atoms with Crippen molar-refractivity contribution in [2.75, 3.05) is 14.2 Å². The van der Waals surface area contributed by atoms with E-state index in [4.69, 9.17) is 21.1 Å². The topological polar surface area (TPSA) is 98.8 Å². The highest BCUT2D eigenvalue weighted by atomic mass is 35.5. The minimum absolute atomic E-state index is 0.00958. The Kier molecular flexibility index (Phi) is 7.46. The van der Waals surface area contributed by atoms with Gasteiger partial charge in [0.2, 0.25) is 10.0 Å². The maximum absolute atomic E-state index is 13.8. The van der Waals surface area contributed by atoms with Crippen molar-refractivity contribution in [2.45, 2.75) is 17.4 Å². The van der Waals surface area contributed by atoms with Crippen molar-refractivity contribution >= 4 is 33.2 Å². The Bertz CT molecular complexity index is 1740. The van der Waals surface area contributed by atoms with Gasteiger partial charge < -0.3 is 9.47 Å². The fraction of sp³-hybridized carbons (Fsp3) is 0.133. The first-order valence-electron chi connectivity index (χ1n) is 12.2. The summed E-state index contributed by atoms with van der Waals surface area (Å²) in [4.78, 5) is 27.2. The van der Waals surface area contributed by atoms with Gasteiger partial charge >= 0.3 is 0 Å². The summed E-state index contributed by atoms with van der Waals surface area (Å²) < 4.78 is 54.3. The molecule has 204 valence electrons. The van der Waals surface area contributed by atoms with Crippen molar-refractivity contribution in [3.63, 3.8) is 0 Å². The first-order valence-corrected chi connectivity index (χ1v) is 14.0. The molecule has 0 aliphatic heterocycles. The van der Waals surface area contributed by atoms with Gasteiger partial charge in [-0.25, -0.2) is 17.5 Å². The van der Waals surface area contributed by atoms with Gasteiger partial charge in [0.15, 0.2) is 11.6 Å². The fourth-order valence-corrected chi connectivity index (χ4v) is 6.47. The maximum atomic E-state index is 13.8. The van der Waals surface area contributed by atoms with E-state index in [2.05, 4.69) is 4.72 Å². The third-order valence-corrected chi connectivity index (χ3v) is 8.64. The summed E-state index contributed by atoms with van der Waals surface area (Å²) in [6.45, 7) is 0. The van der Waals surface area contributed by atoms with Gasteiger partial charge in [0.1, 0.15) is 17.3 Å². The summed E-state index contributed by atoms with van der Waals surface area (Å²) in [5.41, 5.74) is 1.04. The second-order valence-electron chi connectivity index (χ2n) is 9.06. The van der Waals surface area contributed by atoms with Crippen molar-refractivity contribution in [3.05, 3.63) is 123 Å². The molecule has 4 aromatic carbocycles. The Morgan fingerprint density at radius 1 is 0.800 bits per heavy atom. The Hall–Kier alpha value is -4.05. The van der Waals surface area contributed by atoms with Crippen molar-refractivity contribution in [1.29, 1.82) is 0 Å². The molecule has 0 saturated heterocycles. The van der Waals surface area contributed by atoms with Gasteiger partial charge in [0, 0.05) is 16.7 Å². The zero-order chi connectivity index (χ0) is 28.6. The highest BCUT2D eigenvalue weighted by Gasteiger charge is 2.39. The van der Waals surface area contributed by atoms with E-state index in [1.807, 2.05) is 0 Å². The van der Waals surface area contributed by atoms with Gasteiger partial charge in [-0.1, -0.05) is 66.2 Å². The van der Waals surface area contributed by atoms with Crippen LogP contribution >= 0.6 is 11.6 Å². The number of ether oxygens (including phenoxy) is 2. The van der Waals surface area contributed by atoms with Crippen LogP contribution < -0.4 is 14.2 Å². The van der Waals surface area contributed by atoms with Crippen LogP contribution in [0, 0.1) is 5.82 Å². The molecule has 10 heteroatoms. The number of benzene rings is 4. The lowest BCUT2D eigenvalue weighted by Crippen LogP contribution is -2.31. The second kappa shape index (κ2) is 10.8. The number of halogens is 2. The smallest absolute Gasteiger partial charge is 0.241 e. The highest BCUT2D eigenvalue weighted by Crippen LogP contribution is 2.47. The molecule has 1 unspecified atom stereocenters. The molecule has 0 radical (unpaired) electrons. The molecule has 40 heavy (non-hydrogen) atoms. The van der Waals surface area contributed by atoms with E-state index in [9.17, 15) is 22.4 Å². The average molecular weight is 580 g/mol. The lowest BCUT2D eigenvalue weighted by molar-refractivity contribution is 0.0973. The van der Waals surface area contributed by atoms with E-state index in [1.54, 1.807) is 42.5 Å². The van der Waals surface area contributed by atoms with E-state index >= 15 is 0 Å². The van der Waals surface area contributed by atoms with Crippen molar-refractivity contribution in [3.8, 4) is 11.5 Å². The molecule has 1 aliphatic rings. The first kappa shape index (κ1) is 27.5. The average Bonchev–Trinajstić information content (AvgIpc) is 2.96. The summed E-state index contributed by atoms with van der Waals surface area (Å²) in [7, 11) is -1.38. The van der Waals surface area contributed by atoms with Crippen LogP contribution in [0.25, 0.3) is 0 Å². The Labute approximate surface area is 235 Å². The number of hydrogen-bond donors (Lipinski definition) is 1. The fourth-order valence-electron chi connectivity index (χ4n) is 4.89. The zero-order valence-electron chi connectivity index (χ0n) is 21.4. The highest BCUT2D eigenvalue weighted by molar-refractivity contribution is 7.89. The minimum Gasteiger partial charge on any atom is -0.496 e. The number of carbonyl (C=O) groups excluding carboxylic acids is 2. The molecule has 1 aliphatic carbocycles. The number of ketones is 2.